The van der Waals surface area contributed by atoms with Crippen molar-refractivity contribution >= 4 is 45.0 Å². The van der Waals surface area contributed by atoms with E-state index in [1.807, 2.05) is 22.7 Å². The summed E-state index contributed by atoms with van der Waals surface area (Å²) in [4.78, 5) is 27.7. The number of carbonyl (C=O) groups is 2. The highest BCUT2D eigenvalue weighted by Crippen LogP contribution is 2.16. The van der Waals surface area contributed by atoms with Crippen LogP contribution in [0.4, 0.5) is 5.69 Å². The number of hydrogen-bond donors (Lipinski definition) is 1. The van der Waals surface area contributed by atoms with Crippen molar-refractivity contribution < 1.29 is 9.59 Å². The molecule has 5 nitrogen and oxygen atoms in total. The molecule has 0 spiro atoms. The van der Waals surface area contributed by atoms with Crippen LogP contribution in [-0.2, 0) is 4.79 Å². The molecule has 2 aromatic heterocycles. The lowest BCUT2D eigenvalue weighted by atomic mass is 10.1. The number of nitrogens with zero attached hydrogens (tertiary/aromatic N) is 2. The van der Waals surface area contributed by atoms with E-state index in [2.05, 4.69) is 26.2 Å². The van der Waals surface area contributed by atoms with Crippen LogP contribution in [0.1, 0.15) is 23.0 Å². The Labute approximate surface area is 147 Å². The fourth-order valence-corrected chi connectivity index (χ4v) is 2.64. The summed E-state index contributed by atoms with van der Waals surface area (Å²) in [6.07, 6.45) is 6.82. The minimum absolute atomic E-state index is 0.146. The number of amides is 1. The lowest BCUT2D eigenvalue weighted by Gasteiger charge is -2.03. The van der Waals surface area contributed by atoms with E-state index in [-0.39, 0.29) is 11.7 Å². The second kappa shape index (κ2) is 6.80. The zero-order valence-electron chi connectivity index (χ0n) is 12.9. The van der Waals surface area contributed by atoms with Gasteiger partial charge in [-0.2, -0.15) is 0 Å². The van der Waals surface area contributed by atoms with Gasteiger partial charge in [0.25, 0.3) is 0 Å². The average molecular weight is 384 g/mol. The number of fused-ring (bicyclic) bond motifs is 1. The van der Waals surface area contributed by atoms with Gasteiger partial charge >= 0.3 is 0 Å². The third-order valence-corrected chi connectivity index (χ3v) is 3.84. The zero-order chi connectivity index (χ0) is 17.1. The molecule has 0 radical (unpaired) electrons. The van der Waals surface area contributed by atoms with Gasteiger partial charge in [0.05, 0.1) is 11.9 Å². The molecule has 0 unspecified atom stereocenters. The van der Waals surface area contributed by atoms with Crippen LogP contribution in [0, 0.1) is 0 Å². The van der Waals surface area contributed by atoms with E-state index in [1.54, 1.807) is 36.5 Å². The number of halogens is 1. The lowest BCUT2D eigenvalue weighted by molar-refractivity contribution is -0.114. The Morgan fingerprint density at radius 1 is 1.25 bits per heavy atom. The zero-order valence-corrected chi connectivity index (χ0v) is 14.4. The topological polar surface area (TPSA) is 63.5 Å². The van der Waals surface area contributed by atoms with Gasteiger partial charge in [-0.05, 0) is 52.3 Å². The highest BCUT2D eigenvalue weighted by Gasteiger charge is 2.05. The molecule has 0 saturated heterocycles. The smallest absolute Gasteiger partial charge is 0.221 e. The van der Waals surface area contributed by atoms with Crippen LogP contribution >= 0.6 is 15.9 Å². The number of nitrogens with one attached hydrogen (secondary N) is 1. The molecule has 0 atom stereocenters. The Hall–Kier alpha value is -2.73. The first kappa shape index (κ1) is 16.1. The molecule has 120 valence electrons. The third-order valence-electron chi connectivity index (χ3n) is 3.37. The van der Waals surface area contributed by atoms with E-state index in [0.29, 0.717) is 11.3 Å². The molecule has 0 saturated carbocycles. The molecule has 1 aromatic carbocycles. The summed E-state index contributed by atoms with van der Waals surface area (Å²) in [5, 5.41) is 2.67. The molecular formula is C18H14BrN3O2. The van der Waals surface area contributed by atoms with Gasteiger partial charge in [-0.15, -0.1) is 0 Å². The number of rotatable bonds is 4. The maximum Gasteiger partial charge on any atom is 0.221 e. The highest BCUT2D eigenvalue weighted by atomic mass is 79.9. The fraction of sp³-hybridized carbons (Fsp3) is 0.0556. The molecule has 3 rings (SSSR count). The predicted molar refractivity (Wildman–Crippen MR) is 97.0 cm³/mol. The van der Waals surface area contributed by atoms with Crippen LogP contribution in [0.25, 0.3) is 11.7 Å². The van der Waals surface area contributed by atoms with E-state index < -0.39 is 0 Å². The maximum absolute atomic E-state index is 12.3. The summed E-state index contributed by atoms with van der Waals surface area (Å²) in [6.45, 7) is 1.43. The first-order chi connectivity index (χ1) is 11.5. The lowest BCUT2D eigenvalue weighted by Crippen LogP contribution is -2.06. The van der Waals surface area contributed by atoms with Gasteiger partial charge < -0.3 is 5.32 Å². The van der Waals surface area contributed by atoms with Crippen LogP contribution < -0.4 is 5.32 Å². The third kappa shape index (κ3) is 3.60. The van der Waals surface area contributed by atoms with Crippen LogP contribution in [-0.4, -0.2) is 21.1 Å². The van der Waals surface area contributed by atoms with Crippen molar-refractivity contribution in [1.29, 1.82) is 0 Å². The summed E-state index contributed by atoms with van der Waals surface area (Å²) in [6, 6.07) is 10.6. The maximum atomic E-state index is 12.3. The molecule has 1 N–H and O–H groups in total. The number of aromatic nitrogens is 2. The monoisotopic (exact) mass is 383 g/mol. The van der Waals surface area contributed by atoms with Gasteiger partial charge in [-0.3, -0.25) is 14.0 Å². The summed E-state index contributed by atoms with van der Waals surface area (Å²) in [5.74, 6) is -0.321. The molecule has 1 amide bonds. The molecule has 0 aliphatic carbocycles. The minimum Gasteiger partial charge on any atom is -0.326 e. The first-order valence-electron chi connectivity index (χ1n) is 7.25. The first-order valence-corrected chi connectivity index (χ1v) is 8.05. The largest absolute Gasteiger partial charge is 0.326 e. The Morgan fingerprint density at radius 3 is 2.88 bits per heavy atom. The summed E-state index contributed by atoms with van der Waals surface area (Å²) < 4.78 is 2.82. The number of allylic oxidation sites excluding steroid dienone is 1. The Bertz CT molecular complexity index is 960. The molecule has 0 aliphatic heterocycles. The number of ketones is 1. The van der Waals surface area contributed by atoms with Gasteiger partial charge in [-0.1, -0.05) is 12.1 Å². The van der Waals surface area contributed by atoms with E-state index in [4.69, 9.17) is 0 Å². The van der Waals surface area contributed by atoms with Gasteiger partial charge in [-0.25, -0.2) is 4.98 Å². The standard InChI is InChI=1S/C18H14BrN3O2/c1-12(23)21-15-4-2-3-13(9-15)17(24)7-6-16-10-20-18-8-5-14(19)11-22(16)18/h2-11H,1H3,(H,21,23). The molecule has 24 heavy (non-hydrogen) atoms. The molecule has 0 bridgehead atoms. The van der Waals surface area contributed by atoms with Crippen molar-refractivity contribution in [3.05, 3.63) is 70.6 Å². The van der Waals surface area contributed by atoms with Crippen molar-refractivity contribution in [3.63, 3.8) is 0 Å². The Morgan fingerprint density at radius 2 is 2.08 bits per heavy atom. The Kier molecular flexibility index (Phi) is 4.57. The molecule has 6 heteroatoms. The number of imidazole rings is 1. The molecular weight excluding hydrogens is 370 g/mol. The van der Waals surface area contributed by atoms with Gasteiger partial charge in [0.15, 0.2) is 5.78 Å². The van der Waals surface area contributed by atoms with Crippen molar-refractivity contribution in [2.45, 2.75) is 6.92 Å². The van der Waals surface area contributed by atoms with Crippen LogP contribution in [0.3, 0.4) is 0 Å². The Balaban J connectivity index is 1.84. The second-order valence-corrected chi connectivity index (χ2v) is 6.13. The molecule has 3 aromatic rings. The van der Waals surface area contributed by atoms with E-state index in [1.165, 1.54) is 13.0 Å². The summed E-state index contributed by atoms with van der Waals surface area (Å²) in [7, 11) is 0. The fourth-order valence-electron chi connectivity index (χ4n) is 2.31. The average Bonchev–Trinajstić information content (AvgIpc) is 2.94. The molecule has 0 fully saturated rings. The van der Waals surface area contributed by atoms with Crippen molar-refractivity contribution in [2.75, 3.05) is 5.32 Å². The number of benzene rings is 1. The van der Waals surface area contributed by atoms with Gasteiger partial charge in [0.1, 0.15) is 5.65 Å². The van der Waals surface area contributed by atoms with Crippen LogP contribution in [0.5, 0.6) is 0 Å². The number of anilines is 1. The van der Waals surface area contributed by atoms with Crippen molar-refractivity contribution in [3.8, 4) is 0 Å². The number of carbonyl (C=O) groups excluding carboxylic acids is 2. The predicted octanol–water partition coefficient (Wildman–Crippen LogP) is 3.95. The van der Waals surface area contributed by atoms with Crippen LogP contribution in [0.2, 0.25) is 0 Å². The second-order valence-electron chi connectivity index (χ2n) is 5.22. The van der Waals surface area contributed by atoms with E-state index in [9.17, 15) is 9.59 Å². The van der Waals surface area contributed by atoms with Gasteiger partial charge in [0, 0.05) is 28.8 Å². The normalized spacial score (nSPS) is 11.1. The van der Waals surface area contributed by atoms with Gasteiger partial charge in [0.2, 0.25) is 5.91 Å². The van der Waals surface area contributed by atoms with Crippen LogP contribution in [0.15, 0.2) is 59.3 Å². The minimum atomic E-state index is -0.175. The number of hydrogen-bond acceptors (Lipinski definition) is 3. The van der Waals surface area contributed by atoms with Crippen molar-refractivity contribution in [1.82, 2.24) is 9.38 Å². The van der Waals surface area contributed by atoms with E-state index in [0.717, 1.165) is 15.8 Å². The quantitative estimate of drug-likeness (QED) is 0.547. The molecule has 2 heterocycles. The SMILES string of the molecule is CC(=O)Nc1cccc(C(=O)C=Cc2cnc3ccc(Br)cn23)c1. The highest BCUT2D eigenvalue weighted by molar-refractivity contribution is 9.10. The van der Waals surface area contributed by atoms with E-state index >= 15 is 0 Å². The summed E-state index contributed by atoms with van der Waals surface area (Å²) >= 11 is 3.42. The molecule has 0 aliphatic rings. The number of pyridine rings is 1. The van der Waals surface area contributed by atoms with Crippen molar-refractivity contribution in [2.24, 2.45) is 0 Å². The summed E-state index contributed by atoms with van der Waals surface area (Å²) in [5.41, 5.74) is 2.71.